The lowest BCUT2D eigenvalue weighted by Gasteiger charge is -2.36. The third-order valence-electron chi connectivity index (χ3n) is 4.54. The Bertz CT molecular complexity index is 595. The summed E-state index contributed by atoms with van der Waals surface area (Å²) in [4.78, 5) is 25.2. The Balaban J connectivity index is 1.63. The van der Waals surface area contributed by atoms with E-state index in [1.165, 1.54) is 12.8 Å². The van der Waals surface area contributed by atoms with Crippen molar-refractivity contribution in [1.82, 2.24) is 14.9 Å². The van der Waals surface area contributed by atoms with Gasteiger partial charge in [0.1, 0.15) is 11.8 Å². The smallest absolute Gasteiger partial charge is 0.226 e. The van der Waals surface area contributed by atoms with E-state index in [0.717, 1.165) is 31.6 Å². The Morgan fingerprint density at radius 1 is 1.23 bits per heavy atom. The normalized spacial score (nSPS) is 19.3. The summed E-state index contributed by atoms with van der Waals surface area (Å²) >= 11 is 0. The van der Waals surface area contributed by atoms with Crippen molar-refractivity contribution in [3.8, 4) is 6.07 Å². The molecular formula is C16H21N5O. The van der Waals surface area contributed by atoms with Gasteiger partial charge >= 0.3 is 0 Å². The molecule has 1 saturated heterocycles. The van der Waals surface area contributed by atoms with Gasteiger partial charge in [-0.3, -0.25) is 4.79 Å². The van der Waals surface area contributed by atoms with Crippen molar-refractivity contribution in [3.05, 3.63) is 17.5 Å². The molecule has 0 N–H and O–H groups in total. The molecule has 1 saturated carbocycles. The predicted molar refractivity (Wildman–Crippen MR) is 82.2 cm³/mol. The van der Waals surface area contributed by atoms with Crippen LogP contribution in [0, 0.1) is 24.2 Å². The summed E-state index contributed by atoms with van der Waals surface area (Å²) in [7, 11) is 0. The van der Waals surface area contributed by atoms with E-state index in [4.69, 9.17) is 5.26 Å². The minimum atomic E-state index is 0.243. The monoisotopic (exact) mass is 299 g/mol. The lowest BCUT2D eigenvalue weighted by molar-refractivity contribution is -0.135. The van der Waals surface area contributed by atoms with Crippen LogP contribution in [0.15, 0.2) is 6.07 Å². The first kappa shape index (κ1) is 14.8. The lowest BCUT2D eigenvalue weighted by Crippen LogP contribution is -2.50. The molecule has 1 aliphatic carbocycles. The van der Waals surface area contributed by atoms with Crippen molar-refractivity contribution in [2.45, 2.75) is 32.6 Å². The molecule has 1 aromatic heterocycles. The SMILES string of the molecule is Cc1cc(C#N)nc(N2CCN(C(=O)C3CCCC3)CC2)n1. The highest BCUT2D eigenvalue weighted by Crippen LogP contribution is 2.27. The summed E-state index contributed by atoms with van der Waals surface area (Å²) in [6.45, 7) is 4.76. The molecule has 116 valence electrons. The molecule has 0 spiro atoms. The summed E-state index contributed by atoms with van der Waals surface area (Å²) in [5.41, 5.74) is 1.19. The summed E-state index contributed by atoms with van der Waals surface area (Å²) < 4.78 is 0. The molecule has 1 amide bonds. The van der Waals surface area contributed by atoms with E-state index in [-0.39, 0.29) is 5.92 Å². The molecule has 0 radical (unpaired) electrons. The number of hydrogen-bond donors (Lipinski definition) is 0. The van der Waals surface area contributed by atoms with E-state index in [9.17, 15) is 4.79 Å². The second-order valence-electron chi connectivity index (χ2n) is 6.10. The van der Waals surface area contributed by atoms with Gasteiger partial charge in [0.2, 0.25) is 11.9 Å². The average Bonchev–Trinajstić information content (AvgIpc) is 3.08. The Labute approximate surface area is 130 Å². The van der Waals surface area contributed by atoms with Crippen molar-refractivity contribution >= 4 is 11.9 Å². The molecule has 3 rings (SSSR count). The highest BCUT2D eigenvalue weighted by atomic mass is 16.2. The van der Waals surface area contributed by atoms with Gasteiger partial charge in [0.15, 0.2) is 0 Å². The minimum Gasteiger partial charge on any atom is -0.339 e. The highest BCUT2D eigenvalue weighted by Gasteiger charge is 2.29. The summed E-state index contributed by atoms with van der Waals surface area (Å²) in [5.74, 6) is 1.16. The molecule has 1 aromatic rings. The quantitative estimate of drug-likeness (QED) is 0.827. The highest BCUT2D eigenvalue weighted by molar-refractivity contribution is 5.79. The molecule has 2 aliphatic rings. The maximum atomic E-state index is 12.4. The zero-order chi connectivity index (χ0) is 15.5. The fourth-order valence-electron chi connectivity index (χ4n) is 3.31. The Morgan fingerprint density at radius 2 is 1.91 bits per heavy atom. The van der Waals surface area contributed by atoms with E-state index in [2.05, 4.69) is 20.9 Å². The van der Waals surface area contributed by atoms with Crippen molar-refractivity contribution in [2.75, 3.05) is 31.1 Å². The fourth-order valence-corrected chi connectivity index (χ4v) is 3.31. The number of aromatic nitrogens is 2. The lowest BCUT2D eigenvalue weighted by atomic mass is 10.1. The molecule has 2 fully saturated rings. The van der Waals surface area contributed by atoms with Gasteiger partial charge in [-0.2, -0.15) is 5.26 Å². The van der Waals surface area contributed by atoms with Crippen molar-refractivity contribution < 1.29 is 4.79 Å². The van der Waals surface area contributed by atoms with Gasteiger partial charge in [-0.15, -0.1) is 0 Å². The second kappa shape index (κ2) is 6.30. The number of amides is 1. The molecule has 6 heteroatoms. The molecule has 0 atom stereocenters. The summed E-state index contributed by atoms with van der Waals surface area (Å²) in [5, 5.41) is 9.01. The summed E-state index contributed by atoms with van der Waals surface area (Å²) in [6, 6.07) is 3.75. The first-order chi connectivity index (χ1) is 10.7. The van der Waals surface area contributed by atoms with Crippen molar-refractivity contribution in [3.63, 3.8) is 0 Å². The predicted octanol–water partition coefficient (Wildman–Crippen LogP) is 1.50. The number of aryl methyl sites for hydroxylation is 1. The number of anilines is 1. The van der Waals surface area contributed by atoms with Gasteiger partial charge in [0.05, 0.1) is 0 Å². The molecular weight excluding hydrogens is 278 g/mol. The van der Waals surface area contributed by atoms with Crippen LogP contribution in [-0.2, 0) is 4.79 Å². The van der Waals surface area contributed by atoms with Crippen LogP contribution in [0.4, 0.5) is 5.95 Å². The number of nitriles is 1. The van der Waals surface area contributed by atoms with E-state index in [1.807, 2.05) is 11.8 Å². The van der Waals surface area contributed by atoms with E-state index < -0.39 is 0 Å². The Hall–Kier alpha value is -2.16. The van der Waals surface area contributed by atoms with Crippen LogP contribution in [0.3, 0.4) is 0 Å². The molecule has 2 heterocycles. The van der Waals surface area contributed by atoms with E-state index in [1.54, 1.807) is 6.07 Å². The molecule has 22 heavy (non-hydrogen) atoms. The number of rotatable bonds is 2. The summed E-state index contributed by atoms with van der Waals surface area (Å²) in [6.07, 6.45) is 4.46. The zero-order valence-corrected chi connectivity index (χ0v) is 13.0. The largest absolute Gasteiger partial charge is 0.339 e. The molecule has 0 aromatic carbocycles. The van der Waals surface area contributed by atoms with Gasteiger partial charge in [-0.05, 0) is 25.8 Å². The van der Waals surface area contributed by atoms with Gasteiger partial charge in [-0.1, -0.05) is 12.8 Å². The Kier molecular flexibility index (Phi) is 4.23. The first-order valence-corrected chi connectivity index (χ1v) is 7.97. The van der Waals surface area contributed by atoms with Crippen molar-refractivity contribution in [2.24, 2.45) is 5.92 Å². The maximum absolute atomic E-state index is 12.4. The van der Waals surface area contributed by atoms with Crippen LogP contribution in [0.1, 0.15) is 37.1 Å². The topological polar surface area (TPSA) is 73.1 Å². The van der Waals surface area contributed by atoms with Crippen molar-refractivity contribution in [1.29, 1.82) is 5.26 Å². The Morgan fingerprint density at radius 3 is 2.55 bits per heavy atom. The molecule has 0 unspecified atom stereocenters. The first-order valence-electron chi connectivity index (χ1n) is 7.97. The van der Waals surface area contributed by atoms with Gasteiger partial charge < -0.3 is 9.80 Å². The van der Waals surface area contributed by atoms with E-state index >= 15 is 0 Å². The van der Waals surface area contributed by atoms with Gasteiger partial charge in [0, 0.05) is 37.8 Å². The average molecular weight is 299 g/mol. The second-order valence-corrected chi connectivity index (χ2v) is 6.10. The number of nitrogens with zero attached hydrogens (tertiary/aromatic N) is 5. The number of carbonyl (C=O) groups excluding carboxylic acids is 1. The van der Waals surface area contributed by atoms with Crippen LogP contribution < -0.4 is 4.90 Å². The van der Waals surface area contributed by atoms with Crippen LogP contribution >= 0.6 is 0 Å². The molecule has 0 bridgehead atoms. The molecule has 1 aliphatic heterocycles. The van der Waals surface area contributed by atoms with Crippen LogP contribution in [0.25, 0.3) is 0 Å². The van der Waals surface area contributed by atoms with E-state index in [0.29, 0.717) is 30.6 Å². The van der Waals surface area contributed by atoms with Crippen LogP contribution in [0.2, 0.25) is 0 Å². The third kappa shape index (κ3) is 3.03. The van der Waals surface area contributed by atoms with Crippen LogP contribution in [0.5, 0.6) is 0 Å². The molecule has 6 nitrogen and oxygen atoms in total. The number of carbonyl (C=O) groups is 1. The van der Waals surface area contributed by atoms with Gasteiger partial charge in [0.25, 0.3) is 0 Å². The zero-order valence-electron chi connectivity index (χ0n) is 13.0. The number of hydrogen-bond acceptors (Lipinski definition) is 5. The van der Waals surface area contributed by atoms with Crippen LogP contribution in [-0.4, -0.2) is 47.0 Å². The minimum absolute atomic E-state index is 0.243. The maximum Gasteiger partial charge on any atom is 0.226 e. The fraction of sp³-hybridized carbons (Fsp3) is 0.625. The van der Waals surface area contributed by atoms with Gasteiger partial charge in [-0.25, -0.2) is 9.97 Å². The standard InChI is InChI=1S/C16H21N5O/c1-12-10-14(11-17)19-16(18-12)21-8-6-20(7-9-21)15(22)13-4-2-3-5-13/h10,13H,2-9H2,1H3. The number of piperazine rings is 1. The third-order valence-corrected chi connectivity index (χ3v) is 4.54.